The number of aliphatic carboxylic acids is 1. The molecule has 6 rings (SSSR count). The lowest BCUT2D eigenvalue weighted by Crippen LogP contribution is -2.57. The second kappa shape index (κ2) is 16.0. The topological polar surface area (TPSA) is 163 Å². The van der Waals surface area contributed by atoms with Gasteiger partial charge in [-0.15, -0.1) is 0 Å². The minimum atomic E-state index is -1.30. The lowest BCUT2D eigenvalue weighted by atomic mass is 9.99. The molecule has 246 valence electrons. The Labute approximate surface area is 277 Å². The van der Waals surface area contributed by atoms with Crippen LogP contribution in [0.5, 0.6) is 5.75 Å². The molecule has 4 aromatic rings. The van der Waals surface area contributed by atoms with Crippen LogP contribution in [-0.2, 0) is 43.2 Å². The molecule has 0 saturated carbocycles. The maximum atomic E-state index is 13.9. The number of fused-ring (bicyclic) bond motifs is 16. The average molecular weight is 649 g/mol. The Morgan fingerprint density at radius 3 is 1.85 bits per heavy atom. The van der Waals surface area contributed by atoms with Gasteiger partial charge in [0.1, 0.15) is 23.9 Å². The summed E-state index contributed by atoms with van der Waals surface area (Å²) >= 11 is 0. The first-order valence-corrected chi connectivity index (χ1v) is 15.5. The fraction of sp³-hybridized carbons (Fsp3) is 0.216. The summed E-state index contributed by atoms with van der Waals surface area (Å²) in [6.07, 6.45) is 0.111. The minimum Gasteiger partial charge on any atom is -0.484 e. The van der Waals surface area contributed by atoms with E-state index < -0.39 is 54.3 Å². The van der Waals surface area contributed by atoms with Crippen LogP contribution in [0.15, 0.2) is 109 Å². The summed E-state index contributed by atoms with van der Waals surface area (Å²) in [5, 5.41) is 20.5. The highest BCUT2D eigenvalue weighted by Gasteiger charge is 2.30. The fourth-order valence-corrected chi connectivity index (χ4v) is 5.29. The van der Waals surface area contributed by atoms with E-state index in [2.05, 4.69) is 21.3 Å². The second-order valence-electron chi connectivity index (χ2n) is 11.5. The summed E-state index contributed by atoms with van der Waals surface area (Å²) in [5.41, 5.74) is 4.08. The van der Waals surface area contributed by atoms with Gasteiger partial charge < -0.3 is 31.1 Å². The van der Waals surface area contributed by atoms with Crippen LogP contribution < -0.4 is 26.0 Å². The Kier molecular flexibility index (Phi) is 11.2. The number of carboxylic acids is 1. The standard InChI is InChI=1S/C37H36N4O7/c42-33-22-38-34(43)23-48-29-17-13-26(14-18-29)21-32(37(46)47)41-36(45)31(19-24-7-3-1-4-8-24)40-35(44)30(39-33)20-25-11-15-28(16-12-25)27-9-5-2-6-10-27/h1-18,30-32H,19-23H2,(H,38,43)(H,39,42)(H,40,44)(H,41,45)(H,46,47)/t30-,31-,32+/m1/s1. The summed E-state index contributed by atoms with van der Waals surface area (Å²) in [7, 11) is 0. The first-order valence-electron chi connectivity index (χ1n) is 15.5. The second-order valence-corrected chi connectivity index (χ2v) is 11.5. The predicted molar refractivity (Wildman–Crippen MR) is 178 cm³/mol. The van der Waals surface area contributed by atoms with Gasteiger partial charge in [-0.2, -0.15) is 0 Å². The van der Waals surface area contributed by atoms with Crippen LogP contribution in [0, 0.1) is 0 Å². The molecule has 2 bridgehead atoms. The summed E-state index contributed by atoms with van der Waals surface area (Å²) < 4.78 is 5.50. The van der Waals surface area contributed by atoms with Gasteiger partial charge >= 0.3 is 5.97 Å². The Morgan fingerprint density at radius 1 is 0.646 bits per heavy atom. The maximum Gasteiger partial charge on any atom is 0.326 e. The molecule has 2 aliphatic rings. The van der Waals surface area contributed by atoms with E-state index in [0.717, 1.165) is 22.3 Å². The molecule has 0 fully saturated rings. The Morgan fingerprint density at radius 2 is 1.21 bits per heavy atom. The highest BCUT2D eigenvalue weighted by Crippen LogP contribution is 2.20. The van der Waals surface area contributed by atoms with E-state index in [1.165, 1.54) is 0 Å². The van der Waals surface area contributed by atoms with Crippen LogP contribution in [0.2, 0.25) is 0 Å². The minimum absolute atomic E-state index is 0.0362. The van der Waals surface area contributed by atoms with Crippen molar-refractivity contribution in [3.63, 3.8) is 0 Å². The molecular weight excluding hydrogens is 612 g/mol. The van der Waals surface area contributed by atoms with Crippen molar-refractivity contribution < 1.29 is 33.8 Å². The van der Waals surface area contributed by atoms with Gasteiger partial charge in [-0.05, 0) is 39.9 Å². The molecule has 48 heavy (non-hydrogen) atoms. The van der Waals surface area contributed by atoms with Crippen LogP contribution >= 0.6 is 0 Å². The number of carboxylic acid groups (broad SMARTS) is 1. The van der Waals surface area contributed by atoms with Crippen LogP contribution in [0.25, 0.3) is 11.1 Å². The number of carbonyl (C=O) groups excluding carboxylic acids is 4. The van der Waals surface area contributed by atoms with Crippen molar-refractivity contribution in [3.05, 3.63) is 126 Å². The van der Waals surface area contributed by atoms with Crippen molar-refractivity contribution in [3.8, 4) is 16.9 Å². The first-order chi connectivity index (χ1) is 23.2. The number of ether oxygens (including phenoxy) is 1. The molecule has 4 aromatic carbocycles. The highest BCUT2D eigenvalue weighted by molar-refractivity contribution is 5.94. The quantitative estimate of drug-likeness (QED) is 0.201. The molecule has 0 aliphatic carbocycles. The van der Waals surface area contributed by atoms with Gasteiger partial charge in [0.2, 0.25) is 17.7 Å². The maximum absolute atomic E-state index is 13.9. The zero-order valence-corrected chi connectivity index (χ0v) is 26.1. The van der Waals surface area contributed by atoms with Gasteiger partial charge in [-0.25, -0.2) is 4.79 Å². The summed E-state index contributed by atoms with van der Waals surface area (Å²) in [4.78, 5) is 65.2. The average Bonchev–Trinajstić information content (AvgIpc) is 3.10. The van der Waals surface area contributed by atoms with Crippen molar-refractivity contribution in [1.82, 2.24) is 21.3 Å². The third-order valence-corrected chi connectivity index (χ3v) is 7.86. The normalized spacial score (nSPS) is 19.3. The molecule has 11 heteroatoms. The SMILES string of the molecule is O=C1COc2ccc(cc2)C[C@@H](C(=O)O)NC(=O)[C@@H](Cc2ccccc2)NC(=O)[C@@H](Cc2ccc(-c3ccccc3)cc2)NC(=O)CN1. The smallest absolute Gasteiger partial charge is 0.326 e. The van der Waals surface area contributed by atoms with Gasteiger partial charge in [0.15, 0.2) is 6.61 Å². The fourth-order valence-electron chi connectivity index (χ4n) is 5.29. The molecule has 2 aliphatic heterocycles. The Bertz CT molecular complexity index is 1730. The van der Waals surface area contributed by atoms with Gasteiger partial charge in [0.25, 0.3) is 5.91 Å². The molecule has 0 saturated heterocycles. The lowest BCUT2D eigenvalue weighted by Gasteiger charge is -2.25. The van der Waals surface area contributed by atoms with E-state index in [0.29, 0.717) is 11.3 Å². The summed E-state index contributed by atoms with van der Waals surface area (Å²) in [6, 6.07) is 29.1. The van der Waals surface area contributed by atoms with E-state index >= 15 is 0 Å². The highest BCUT2D eigenvalue weighted by atomic mass is 16.5. The van der Waals surface area contributed by atoms with Crippen molar-refractivity contribution in [2.45, 2.75) is 37.4 Å². The van der Waals surface area contributed by atoms with Gasteiger partial charge in [0.05, 0.1) is 6.54 Å². The third kappa shape index (κ3) is 9.52. The monoisotopic (exact) mass is 648 g/mol. The van der Waals surface area contributed by atoms with Gasteiger partial charge in [0, 0.05) is 19.3 Å². The number of amides is 4. The Hall–Kier alpha value is -5.97. The van der Waals surface area contributed by atoms with E-state index in [4.69, 9.17) is 4.74 Å². The number of hydrogen-bond donors (Lipinski definition) is 5. The molecule has 5 N–H and O–H groups in total. The molecule has 4 amide bonds. The Balaban J connectivity index is 1.42. The molecule has 0 aromatic heterocycles. The zero-order chi connectivity index (χ0) is 33.9. The number of benzene rings is 4. The van der Waals surface area contributed by atoms with E-state index in [1.54, 1.807) is 48.5 Å². The number of nitrogens with one attached hydrogen (secondary N) is 4. The van der Waals surface area contributed by atoms with Crippen LogP contribution in [0.1, 0.15) is 16.7 Å². The molecule has 0 spiro atoms. The van der Waals surface area contributed by atoms with Crippen molar-refractivity contribution in [1.29, 1.82) is 0 Å². The van der Waals surface area contributed by atoms with E-state index in [9.17, 15) is 29.1 Å². The van der Waals surface area contributed by atoms with Crippen LogP contribution in [-0.4, -0.2) is 66.0 Å². The molecule has 3 atom stereocenters. The van der Waals surface area contributed by atoms with Crippen molar-refractivity contribution in [2.24, 2.45) is 0 Å². The molecular formula is C37H36N4O7. The number of rotatable bonds is 6. The number of carbonyl (C=O) groups is 5. The predicted octanol–water partition coefficient (Wildman–Crippen LogP) is 2.43. The summed E-state index contributed by atoms with van der Waals surface area (Å²) in [6.45, 7) is -0.772. The van der Waals surface area contributed by atoms with Gasteiger partial charge in [-0.1, -0.05) is 97.1 Å². The van der Waals surface area contributed by atoms with Crippen LogP contribution in [0.3, 0.4) is 0 Å². The largest absolute Gasteiger partial charge is 0.484 e. The molecule has 0 unspecified atom stereocenters. The number of hydrogen-bond acceptors (Lipinski definition) is 6. The lowest BCUT2D eigenvalue weighted by molar-refractivity contribution is -0.142. The van der Waals surface area contributed by atoms with E-state index in [-0.39, 0.29) is 25.9 Å². The molecule has 0 radical (unpaired) electrons. The molecule has 2 heterocycles. The zero-order valence-electron chi connectivity index (χ0n) is 26.1. The third-order valence-electron chi connectivity index (χ3n) is 7.86. The van der Waals surface area contributed by atoms with Gasteiger partial charge in [-0.3, -0.25) is 19.2 Å². The van der Waals surface area contributed by atoms with Crippen molar-refractivity contribution in [2.75, 3.05) is 13.2 Å². The van der Waals surface area contributed by atoms with E-state index in [1.807, 2.05) is 60.7 Å². The van der Waals surface area contributed by atoms with Crippen LogP contribution in [0.4, 0.5) is 0 Å². The summed E-state index contributed by atoms with van der Waals surface area (Å²) in [5.74, 6) is -3.40. The molecule has 11 nitrogen and oxygen atoms in total. The van der Waals surface area contributed by atoms with Crippen molar-refractivity contribution >= 4 is 29.6 Å². The first kappa shape index (κ1) is 33.4.